The molecule has 1 heterocycles. The molecule has 1 aliphatic heterocycles. The summed E-state index contributed by atoms with van der Waals surface area (Å²) >= 11 is 0. The fraction of sp³-hybridized carbons (Fsp3) is 0.900. The normalized spacial score (nSPS) is 30.4. The highest BCUT2D eigenvalue weighted by Crippen LogP contribution is 2.23. The van der Waals surface area contributed by atoms with E-state index in [0.717, 1.165) is 12.5 Å². The average molecular weight is 169 g/mol. The van der Waals surface area contributed by atoms with Crippen molar-refractivity contribution in [3.63, 3.8) is 0 Å². The summed E-state index contributed by atoms with van der Waals surface area (Å²) in [7, 11) is 0. The van der Waals surface area contributed by atoms with Crippen molar-refractivity contribution in [2.24, 2.45) is 5.92 Å². The second-order valence-corrected chi connectivity index (χ2v) is 3.87. The van der Waals surface area contributed by atoms with Gasteiger partial charge >= 0.3 is 0 Å². The van der Waals surface area contributed by atoms with E-state index in [2.05, 4.69) is 13.8 Å². The van der Waals surface area contributed by atoms with Gasteiger partial charge in [-0.1, -0.05) is 13.3 Å². The third-order valence-electron chi connectivity index (χ3n) is 2.96. The first kappa shape index (κ1) is 9.56. The van der Waals surface area contributed by atoms with Gasteiger partial charge in [0.2, 0.25) is 5.91 Å². The van der Waals surface area contributed by atoms with Crippen LogP contribution in [0.2, 0.25) is 0 Å². The Labute approximate surface area is 74.9 Å². The molecule has 0 spiro atoms. The first-order valence-electron chi connectivity index (χ1n) is 4.92. The third-order valence-corrected chi connectivity index (χ3v) is 2.96. The van der Waals surface area contributed by atoms with Crippen molar-refractivity contribution < 1.29 is 4.79 Å². The minimum absolute atomic E-state index is 0.237. The molecule has 0 N–H and O–H groups in total. The summed E-state index contributed by atoms with van der Waals surface area (Å²) in [5.41, 5.74) is 0. The second kappa shape index (κ2) is 3.92. The zero-order valence-electron chi connectivity index (χ0n) is 8.34. The molecule has 70 valence electrons. The Balaban J connectivity index is 2.53. The van der Waals surface area contributed by atoms with Gasteiger partial charge in [-0.3, -0.25) is 4.79 Å². The standard InChI is InChI=1S/C10H19NO/c1-4-10-6-5-8(2)11(7-10)9(3)12/h8,10H,4-7H2,1-3H3. The van der Waals surface area contributed by atoms with Crippen LogP contribution in [-0.2, 0) is 4.79 Å². The highest BCUT2D eigenvalue weighted by atomic mass is 16.2. The molecular weight excluding hydrogens is 150 g/mol. The van der Waals surface area contributed by atoms with E-state index in [0.29, 0.717) is 6.04 Å². The minimum atomic E-state index is 0.237. The van der Waals surface area contributed by atoms with Crippen molar-refractivity contribution in [3.8, 4) is 0 Å². The Morgan fingerprint density at radius 1 is 1.50 bits per heavy atom. The van der Waals surface area contributed by atoms with E-state index >= 15 is 0 Å². The number of rotatable bonds is 1. The topological polar surface area (TPSA) is 20.3 Å². The molecule has 2 heteroatoms. The van der Waals surface area contributed by atoms with Crippen molar-refractivity contribution in [1.82, 2.24) is 4.90 Å². The molecule has 1 aliphatic rings. The third kappa shape index (κ3) is 1.99. The molecule has 0 aromatic heterocycles. The van der Waals surface area contributed by atoms with Crippen LogP contribution in [0.4, 0.5) is 0 Å². The van der Waals surface area contributed by atoms with E-state index < -0.39 is 0 Å². The number of hydrogen-bond donors (Lipinski definition) is 0. The minimum Gasteiger partial charge on any atom is -0.340 e. The molecule has 1 saturated heterocycles. The molecule has 0 aliphatic carbocycles. The van der Waals surface area contributed by atoms with Crippen LogP contribution in [0.25, 0.3) is 0 Å². The van der Waals surface area contributed by atoms with Crippen molar-refractivity contribution in [2.45, 2.75) is 46.1 Å². The fourth-order valence-corrected chi connectivity index (χ4v) is 1.95. The maximum atomic E-state index is 11.2. The molecule has 0 aromatic rings. The molecule has 1 amide bonds. The lowest BCUT2D eigenvalue weighted by atomic mass is 9.91. The van der Waals surface area contributed by atoms with Crippen LogP contribution in [-0.4, -0.2) is 23.4 Å². The Morgan fingerprint density at radius 3 is 2.67 bits per heavy atom. The average Bonchev–Trinajstić information content (AvgIpc) is 2.05. The predicted molar refractivity (Wildman–Crippen MR) is 49.9 cm³/mol. The number of hydrogen-bond acceptors (Lipinski definition) is 1. The van der Waals surface area contributed by atoms with Gasteiger partial charge in [0.15, 0.2) is 0 Å². The van der Waals surface area contributed by atoms with Crippen molar-refractivity contribution in [1.29, 1.82) is 0 Å². The molecular formula is C10H19NO. The summed E-state index contributed by atoms with van der Waals surface area (Å²) < 4.78 is 0. The first-order chi connectivity index (χ1) is 5.65. The zero-order valence-corrected chi connectivity index (χ0v) is 8.34. The molecule has 1 rings (SSSR count). The monoisotopic (exact) mass is 169 g/mol. The molecule has 2 unspecified atom stereocenters. The quantitative estimate of drug-likeness (QED) is 0.588. The number of carbonyl (C=O) groups excluding carboxylic acids is 1. The summed E-state index contributed by atoms with van der Waals surface area (Å²) in [6.07, 6.45) is 3.68. The predicted octanol–water partition coefficient (Wildman–Crippen LogP) is 2.04. The molecule has 0 saturated carbocycles. The summed E-state index contributed by atoms with van der Waals surface area (Å²) in [4.78, 5) is 13.2. The molecule has 12 heavy (non-hydrogen) atoms. The summed E-state index contributed by atoms with van der Waals surface area (Å²) in [5, 5.41) is 0. The van der Waals surface area contributed by atoms with E-state index in [9.17, 15) is 4.79 Å². The van der Waals surface area contributed by atoms with Crippen LogP contribution in [0.15, 0.2) is 0 Å². The summed E-state index contributed by atoms with van der Waals surface area (Å²) in [6.45, 7) is 7.01. The molecule has 0 radical (unpaired) electrons. The van der Waals surface area contributed by atoms with Crippen LogP contribution >= 0.6 is 0 Å². The molecule has 1 fully saturated rings. The van der Waals surface area contributed by atoms with Crippen molar-refractivity contribution in [2.75, 3.05) is 6.54 Å². The van der Waals surface area contributed by atoms with Gasteiger partial charge in [0.1, 0.15) is 0 Å². The lowest BCUT2D eigenvalue weighted by molar-refractivity contribution is -0.133. The number of likely N-dealkylation sites (tertiary alicyclic amines) is 1. The van der Waals surface area contributed by atoms with Crippen molar-refractivity contribution >= 4 is 5.91 Å². The van der Waals surface area contributed by atoms with Gasteiger partial charge in [0, 0.05) is 19.5 Å². The molecule has 2 nitrogen and oxygen atoms in total. The summed E-state index contributed by atoms with van der Waals surface area (Å²) in [5.74, 6) is 0.978. The van der Waals surface area contributed by atoms with E-state index in [1.807, 2.05) is 4.90 Å². The maximum absolute atomic E-state index is 11.2. The van der Waals surface area contributed by atoms with Crippen molar-refractivity contribution in [3.05, 3.63) is 0 Å². The molecule has 0 bridgehead atoms. The highest BCUT2D eigenvalue weighted by Gasteiger charge is 2.25. The zero-order chi connectivity index (χ0) is 9.14. The largest absolute Gasteiger partial charge is 0.340 e. The maximum Gasteiger partial charge on any atom is 0.219 e. The van der Waals surface area contributed by atoms with Gasteiger partial charge < -0.3 is 4.90 Å². The SMILES string of the molecule is CCC1CCC(C)N(C(C)=O)C1. The van der Waals surface area contributed by atoms with Gasteiger partial charge in [-0.25, -0.2) is 0 Å². The Kier molecular flexibility index (Phi) is 3.12. The first-order valence-corrected chi connectivity index (χ1v) is 4.92. The van der Waals surface area contributed by atoms with E-state index in [1.54, 1.807) is 6.92 Å². The lowest BCUT2D eigenvalue weighted by Gasteiger charge is -2.37. The number of amides is 1. The van der Waals surface area contributed by atoms with Gasteiger partial charge in [-0.2, -0.15) is 0 Å². The van der Waals surface area contributed by atoms with Gasteiger partial charge in [-0.15, -0.1) is 0 Å². The van der Waals surface area contributed by atoms with E-state index in [1.165, 1.54) is 19.3 Å². The van der Waals surface area contributed by atoms with Crippen LogP contribution in [0.3, 0.4) is 0 Å². The van der Waals surface area contributed by atoms with Crippen LogP contribution < -0.4 is 0 Å². The van der Waals surface area contributed by atoms with Gasteiger partial charge in [0.25, 0.3) is 0 Å². The second-order valence-electron chi connectivity index (χ2n) is 3.87. The smallest absolute Gasteiger partial charge is 0.219 e. The van der Waals surface area contributed by atoms with Crippen LogP contribution in [0.5, 0.6) is 0 Å². The van der Waals surface area contributed by atoms with Gasteiger partial charge in [-0.05, 0) is 25.7 Å². The van der Waals surface area contributed by atoms with E-state index in [4.69, 9.17) is 0 Å². The number of nitrogens with zero attached hydrogens (tertiary/aromatic N) is 1. The Morgan fingerprint density at radius 2 is 2.17 bits per heavy atom. The number of piperidine rings is 1. The Hall–Kier alpha value is -0.530. The molecule has 0 aromatic carbocycles. The Bertz CT molecular complexity index is 167. The fourth-order valence-electron chi connectivity index (χ4n) is 1.95. The van der Waals surface area contributed by atoms with Crippen LogP contribution in [0.1, 0.15) is 40.0 Å². The van der Waals surface area contributed by atoms with E-state index in [-0.39, 0.29) is 5.91 Å². The molecule has 2 atom stereocenters. The highest BCUT2D eigenvalue weighted by molar-refractivity contribution is 5.73. The summed E-state index contributed by atoms with van der Waals surface area (Å²) in [6, 6.07) is 0.463. The van der Waals surface area contributed by atoms with Crippen LogP contribution in [0, 0.1) is 5.92 Å². The number of carbonyl (C=O) groups is 1. The lowest BCUT2D eigenvalue weighted by Crippen LogP contribution is -2.44. The van der Waals surface area contributed by atoms with Gasteiger partial charge in [0.05, 0.1) is 0 Å².